The van der Waals surface area contributed by atoms with E-state index in [9.17, 15) is 9.59 Å². The Hall–Kier alpha value is -1.84. The number of carbonyl (C=O) groups excluding carboxylic acids is 2. The fourth-order valence-electron chi connectivity index (χ4n) is 2.39. The van der Waals surface area contributed by atoms with E-state index in [0.717, 1.165) is 6.42 Å². The van der Waals surface area contributed by atoms with Gasteiger partial charge in [-0.25, -0.2) is 0 Å². The summed E-state index contributed by atoms with van der Waals surface area (Å²) in [5.74, 6) is 0.104. The number of amides is 2. The van der Waals surface area contributed by atoms with E-state index in [2.05, 4.69) is 10.6 Å². The van der Waals surface area contributed by atoms with Crippen molar-refractivity contribution in [2.45, 2.75) is 38.6 Å². The molecule has 2 atom stereocenters. The third kappa shape index (κ3) is 3.18. The molecule has 0 unspecified atom stereocenters. The van der Waals surface area contributed by atoms with Crippen LogP contribution in [0.3, 0.4) is 0 Å². The van der Waals surface area contributed by atoms with Crippen molar-refractivity contribution in [3.63, 3.8) is 0 Å². The van der Waals surface area contributed by atoms with Crippen molar-refractivity contribution in [2.24, 2.45) is 5.92 Å². The molecule has 0 aliphatic heterocycles. The van der Waals surface area contributed by atoms with Gasteiger partial charge in [-0.15, -0.1) is 0 Å². The number of benzene rings is 1. The summed E-state index contributed by atoms with van der Waals surface area (Å²) in [6.45, 7) is 5.89. The summed E-state index contributed by atoms with van der Waals surface area (Å²) in [6, 6.07) is 10.0. The molecule has 1 aliphatic rings. The molecule has 0 aromatic heterocycles. The molecule has 4 nitrogen and oxygen atoms in total. The Kier molecular flexibility index (Phi) is 4.12. The number of hydrogen-bond acceptors (Lipinski definition) is 2. The predicted molar refractivity (Wildman–Crippen MR) is 78.2 cm³/mol. The third-order valence-electron chi connectivity index (χ3n) is 3.70. The Morgan fingerprint density at radius 2 is 1.90 bits per heavy atom. The van der Waals surface area contributed by atoms with E-state index >= 15 is 0 Å². The van der Waals surface area contributed by atoms with E-state index in [1.165, 1.54) is 5.56 Å². The summed E-state index contributed by atoms with van der Waals surface area (Å²) < 4.78 is 0. The first kappa shape index (κ1) is 14.6. The molecule has 0 saturated heterocycles. The first-order valence-electron chi connectivity index (χ1n) is 7.11. The van der Waals surface area contributed by atoms with Crippen LogP contribution in [0.25, 0.3) is 0 Å². The first-order valence-corrected chi connectivity index (χ1v) is 7.11. The average molecular weight is 274 g/mol. The molecule has 1 saturated carbocycles. The second-order valence-corrected chi connectivity index (χ2v) is 5.83. The van der Waals surface area contributed by atoms with Gasteiger partial charge >= 0.3 is 0 Å². The van der Waals surface area contributed by atoms with Gasteiger partial charge in [0.15, 0.2) is 0 Å². The number of carbonyl (C=O) groups is 2. The van der Waals surface area contributed by atoms with Crippen LogP contribution in [-0.4, -0.2) is 23.9 Å². The van der Waals surface area contributed by atoms with Gasteiger partial charge in [0.1, 0.15) is 5.54 Å². The van der Waals surface area contributed by atoms with Crippen LogP contribution >= 0.6 is 0 Å². The summed E-state index contributed by atoms with van der Waals surface area (Å²) in [5.41, 5.74) is 0.333. The SMILES string of the molecule is CCNC(=O)C(C)(C)NC(=O)[C@H]1C[C@@H]1c1ccccc1. The summed E-state index contributed by atoms with van der Waals surface area (Å²) in [6.07, 6.45) is 0.862. The maximum Gasteiger partial charge on any atom is 0.245 e. The number of likely N-dealkylation sites (N-methyl/N-ethyl adjacent to an activating group) is 1. The molecule has 0 heterocycles. The minimum absolute atomic E-state index is 0.00824. The van der Waals surface area contributed by atoms with Gasteiger partial charge in [0, 0.05) is 12.5 Å². The van der Waals surface area contributed by atoms with Crippen molar-refractivity contribution >= 4 is 11.8 Å². The Balaban J connectivity index is 1.93. The summed E-state index contributed by atoms with van der Waals surface area (Å²) >= 11 is 0. The molecule has 108 valence electrons. The molecule has 1 aliphatic carbocycles. The molecule has 0 bridgehead atoms. The van der Waals surface area contributed by atoms with Crippen LogP contribution in [0.4, 0.5) is 0 Å². The second-order valence-electron chi connectivity index (χ2n) is 5.83. The minimum Gasteiger partial charge on any atom is -0.354 e. The van der Waals surface area contributed by atoms with Crippen molar-refractivity contribution in [1.29, 1.82) is 0 Å². The zero-order valence-electron chi connectivity index (χ0n) is 12.3. The molecule has 2 N–H and O–H groups in total. The highest BCUT2D eigenvalue weighted by molar-refractivity contribution is 5.92. The van der Waals surface area contributed by atoms with Crippen molar-refractivity contribution in [3.05, 3.63) is 35.9 Å². The molecular formula is C16H22N2O2. The van der Waals surface area contributed by atoms with Crippen LogP contribution in [0, 0.1) is 5.92 Å². The van der Waals surface area contributed by atoms with E-state index in [4.69, 9.17) is 0 Å². The van der Waals surface area contributed by atoms with E-state index in [1.807, 2.05) is 37.3 Å². The fourth-order valence-corrected chi connectivity index (χ4v) is 2.39. The molecule has 2 rings (SSSR count). The maximum atomic E-state index is 12.2. The van der Waals surface area contributed by atoms with Gasteiger partial charge < -0.3 is 10.6 Å². The molecule has 1 aromatic carbocycles. The van der Waals surface area contributed by atoms with Gasteiger partial charge in [-0.2, -0.15) is 0 Å². The molecule has 0 spiro atoms. The zero-order valence-corrected chi connectivity index (χ0v) is 12.3. The largest absolute Gasteiger partial charge is 0.354 e. The minimum atomic E-state index is -0.864. The van der Waals surface area contributed by atoms with Gasteiger partial charge in [-0.05, 0) is 38.7 Å². The lowest BCUT2D eigenvalue weighted by atomic mass is 10.0. The van der Waals surface area contributed by atoms with Crippen LogP contribution in [0.2, 0.25) is 0 Å². The van der Waals surface area contributed by atoms with Crippen molar-refractivity contribution in [1.82, 2.24) is 10.6 Å². The highest BCUT2D eigenvalue weighted by Crippen LogP contribution is 2.47. The lowest BCUT2D eigenvalue weighted by Gasteiger charge is -2.25. The van der Waals surface area contributed by atoms with Crippen LogP contribution in [0.15, 0.2) is 30.3 Å². The van der Waals surface area contributed by atoms with Gasteiger partial charge in [-0.3, -0.25) is 9.59 Å². The summed E-state index contributed by atoms with van der Waals surface area (Å²) in [4.78, 5) is 24.1. The average Bonchev–Trinajstić information content (AvgIpc) is 3.20. The van der Waals surface area contributed by atoms with Crippen LogP contribution in [0.1, 0.15) is 38.7 Å². The lowest BCUT2D eigenvalue weighted by Crippen LogP contribution is -2.55. The zero-order chi connectivity index (χ0) is 14.8. The lowest BCUT2D eigenvalue weighted by molar-refractivity contribution is -0.132. The predicted octanol–water partition coefficient (Wildman–Crippen LogP) is 1.82. The quantitative estimate of drug-likeness (QED) is 0.860. The molecular weight excluding hydrogens is 252 g/mol. The topological polar surface area (TPSA) is 58.2 Å². The van der Waals surface area contributed by atoms with Gasteiger partial charge in [0.25, 0.3) is 0 Å². The maximum absolute atomic E-state index is 12.2. The Morgan fingerprint density at radius 1 is 1.25 bits per heavy atom. The van der Waals surface area contributed by atoms with Gasteiger partial charge in [0.2, 0.25) is 11.8 Å². The van der Waals surface area contributed by atoms with Crippen LogP contribution in [0.5, 0.6) is 0 Å². The molecule has 20 heavy (non-hydrogen) atoms. The molecule has 1 aromatic rings. The second kappa shape index (κ2) is 5.65. The van der Waals surface area contributed by atoms with E-state index < -0.39 is 5.54 Å². The highest BCUT2D eigenvalue weighted by atomic mass is 16.2. The van der Waals surface area contributed by atoms with Gasteiger partial charge in [0.05, 0.1) is 0 Å². The Morgan fingerprint density at radius 3 is 2.50 bits per heavy atom. The van der Waals surface area contributed by atoms with E-state index in [-0.39, 0.29) is 17.7 Å². The highest BCUT2D eigenvalue weighted by Gasteiger charge is 2.45. The Bertz CT molecular complexity index is 496. The van der Waals surface area contributed by atoms with Gasteiger partial charge in [-0.1, -0.05) is 30.3 Å². The molecule has 4 heteroatoms. The van der Waals surface area contributed by atoms with E-state index in [0.29, 0.717) is 12.5 Å². The fraction of sp³-hybridized carbons (Fsp3) is 0.500. The van der Waals surface area contributed by atoms with Crippen LogP contribution < -0.4 is 10.6 Å². The first-order chi connectivity index (χ1) is 9.45. The number of hydrogen-bond donors (Lipinski definition) is 2. The van der Waals surface area contributed by atoms with E-state index in [1.54, 1.807) is 13.8 Å². The summed E-state index contributed by atoms with van der Waals surface area (Å²) in [7, 11) is 0. The third-order valence-corrected chi connectivity index (χ3v) is 3.70. The number of rotatable bonds is 5. The van der Waals surface area contributed by atoms with Crippen LogP contribution in [-0.2, 0) is 9.59 Å². The monoisotopic (exact) mass is 274 g/mol. The van der Waals surface area contributed by atoms with Crippen molar-refractivity contribution < 1.29 is 9.59 Å². The molecule has 2 amide bonds. The van der Waals surface area contributed by atoms with Crippen molar-refractivity contribution in [3.8, 4) is 0 Å². The van der Waals surface area contributed by atoms with Crippen molar-refractivity contribution in [2.75, 3.05) is 6.54 Å². The number of nitrogens with one attached hydrogen (secondary N) is 2. The Labute approximate surface area is 119 Å². The molecule has 1 fully saturated rings. The molecule has 0 radical (unpaired) electrons. The summed E-state index contributed by atoms with van der Waals surface area (Å²) in [5, 5.41) is 5.59. The standard InChI is InChI=1S/C16H22N2O2/c1-4-17-15(20)16(2,3)18-14(19)13-10-12(13)11-8-6-5-7-9-11/h5-9,12-13H,4,10H2,1-3H3,(H,17,20)(H,18,19)/t12-,13+/m1/s1. The smallest absolute Gasteiger partial charge is 0.245 e. The normalized spacial score (nSPS) is 21.1.